The molecule has 4 heteroatoms. The van der Waals surface area contributed by atoms with Crippen LogP contribution < -0.4 is 5.73 Å². The van der Waals surface area contributed by atoms with Gasteiger partial charge in [0.15, 0.2) is 0 Å². The molecule has 0 aliphatic carbocycles. The van der Waals surface area contributed by atoms with Crippen LogP contribution in [0, 0.1) is 12.8 Å². The van der Waals surface area contributed by atoms with Gasteiger partial charge in [-0.1, -0.05) is 29.8 Å². The van der Waals surface area contributed by atoms with E-state index in [0.717, 1.165) is 32.5 Å². The minimum Gasteiger partial charge on any atom is -0.480 e. The van der Waals surface area contributed by atoms with E-state index in [-0.39, 0.29) is 5.92 Å². The van der Waals surface area contributed by atoms with Crippen LogP contribution in [0.2, 0.25) is 0 Å². The molecule has 0 saturated carbocycles. The summed E-state index contributed by atoms with van der Waals surface area (Å²) in [5.41, 5.74) is 8.28. The average Bonchev–Trinajstić information content (AvgIpc) is 2.38. The Labute approximate surface area is 114 Å². The fraction of sp³-hybridized carbons (Fsp3) is 0.533. The summed E-state index contributed by atoms with van der Waals surface area (Å²) in [5, 5.41) is 9.00. The molecule has 1 aliphatic rings. The van der Waals surface area contributed by atoms with Gasteiger partial charge in [0.25, 0.3) is 0 Å². The first-order valence-corrected chi connectivity index (χ1v) is 6.82. The fourth-order valence-electron chi connectivity index (χ4n) is 2.80. The van der Waals surface area contributed by atoms with Crippen LogP contribution in [-0.2, 0) is 11.3 Å². The van der Waals surface area contributed by atoms with Crippen molar-refractivity contribution in [2.75, 3.05) is 13.1 Å². The Morgan fingerprint density at radius 3 is 3.05 bits per heavy atom. The van der Waals surface area contributed by atoms with Gasteiger partial charge in [0, 0.05) is 13.1 Å². The van der Waals surface area contributed by atoms with Gasteiger partial charge in [-0.05, 0) is 37.8 Å². The van der Waals surface area contributed by atoms with Gasteiger partial charge in [-0.3, -0.25) is 9.69 Å². The minimum atomic E-state index is -0.887. The van der Waals surface area contributed by atoms with E-state index in [0.29, 0.717) is 0 Å². The van der Waals surface area contributed by atoms with Gasteiger partial charge in [-0.15, -0.1) is 0 Å². The highest BCUT2D eigenvalue weighted by atomic mass is 16.4. The molecule has 2 unspecified atom stereocenters. The van der Waals surface area contributed by atoms with Gasteiger partial charge in [0.2, 0.25) is 0 Å². The van der Waals surface area contributed by atoms with Crippen LogP contribution in [0.4, 0.5) is 0 Å². The summed E-state index contributed by atoms with van der Waals surface area (Å²) in [7, 11) is 0. The lowest BCUT2D eigenvalue weighted by Crippen LogP contribution is -2.46. The molecule has 19 heavy (non-hydrogen) atoms. The van der Waals surface area contributed by atoms with E-state index in [1.165, 1.54) is 11.1 Å². The number of carboxylic acids is 1. The van der Waals surface area contributed by atoms with Crippen molar-refractivity contribution in [2.24, 2.45) is 11.7 Å². The molecule has 1 aromatic rings. The van der Waals surface area contributed by atoms with Crippen LogP contribution >= 0.6 is 0 Å². The lowest BCUT2D eigenvalue weighted by atomic mass is 9.91. The molecular weight excluding hydrogens is 240 g/mol. The van der Waals surface area contributed by atoms with E-state index in [1.54, 1.807) is 0 Å². The molecule has 4 nitrogen and oxygen atoms in total. The molecule has 104 valence electrons. The number of nitrogens with two attached hydrogens (primary N) is 1. The van der Waals surface area contributed by atoms with Crippen molar-refractivity contribution >= 4 is 5.97 Å². The topological polar surface area (TPSA) is 66.6 Å². The van der Waals surface area contributed by atoms with Gasteiger partial charge in [0.05, 0.1) is 0 Å². The number of carbonyl (C=O) groups is 1. The summed E-state index contributed by atoms with van der Waals surface area (Å²) in [6.45, 7) is 4.77. The minimum absolute atomic E-state index is 0.0658. The second-order valence-electron chi connectivity index (χ2n) is 5.49. The molecule has 1 aromatic carbocycles. The molecule has 0 radical (unpaired) electrons. The molecule has 0 spiro atoms. The molecule has 1 fully saturated rings. The molecule has 1 aliphatic heterocycles. The monoisotopic (exact) mass is 262 g/mol. The zero-order valence-corrected chi connectivity index (χ0v) is 11.4. The summed E-state index contributed by atoms with van der Waals surface area (Å²) in [6, 6.07) is 7.71. The van der Waals surface area contributed by atoms with E-state index in [9.17, 15) is 4.79 Å². The van der Waals surface area contributed by atoms with Gasteiger partial charge >= 0.3 is 5.97 Å². The van der Waals surface area contributed by atoms with E-state index >= 15 is 0 Å². The maximum atomic E-state index is 11.0. The largest absolute Gasteiger partial charge is 0.480 e. The number of benzene rings is 1. The molecular formula is C15H22N2O2. The normalized spacial score (nSPS) is 22.1. The number of piperidine rings is 1. The maximum Gasteiger partial charge on any atom is 0.320 e. The first kappa shape index (κ1) is 14.0. The van der Waals surface area contributed by atoms with Gasteiger partial charge in [-0.25, -0.2) is 0 Å². The van der Waals surface area contributed by atoms with Crippen LogP contribution in [0.25, 0.3) is 0 Å². The Morgan fingerprint density at radius 2 is 2.37 bits per heavy atom. The predicted molar refractivity (Wildman–Crippen MR) is 74.8 cm³/mol. The number of aryl methyl sites for hydroxylation is 1. The summed E-state index contributed by atoms with van der Waals surface area (Å²) in [5.74, 6) is -0.821. The SMILES string of the molecule is Cc1cccc(CN2CCCC(C(N)C(=O)O)C2)c1. The number of aliphatic carboxylic acids is 1. The van der Waals surface area contributed by atoms with Crippen molar-refractivity contribution in [3.63, 3.8) is 0 Å². The number of rotatable bonds is 4. The third-order valence-electron chi connectivity index (χ3n) is 3.82. The number of hydrogen-bond acceptors (Lipinski definition) is 3. The lowest BCUT2D eigenvalue weighted by molar-refractivity contribution is -0.140. The highest BCUT2D eigenvalue weighted by Gasteiger charge is 2.28. The first-order valence-electron chi connectivity index (χ1n) is 6.82. The van der Waals surface area contributed by atoms with Crippen molar-refractivity contribution in [3.8, 4) is 0 Å². The smallest absolute Gasteiger partial charge is 0.320 e. The summed E-state index contributed by atoms with van der Waals surface area (Å²) < 4.78 is 0. The third-order valence-corrected chi connectivity index (χ3v) is 3.82. The van der Waals surface area contributed by atoms with Crippen LogP contribution in [-0.4, -0.2) is 35.1 Å². The summed E-state index contributed by atoms with van der Waals surface area (Å²) >= 11 is 0. The number of carboxylic acid groups (broad SMARTS) is 1. The van der Waals surface area contributed by atoms with E-state index in [2.05, 4.69) is 36.1 Å². The maximum absolute atomic E-state index is 11.0. The van der Waals surface area contributed by atoms with Crippen LogP contribution in [0.5, 0.6) is 0 Å². The van der Waals surface area contributed by atoms with Crippen molar-refractivity contribution in [1.82, 2.24) is 4.90 Å². The summed E-state index contributed by atoms with van der Waals surface area (Å²) in [6.07, 6.45) is 1.94. The zero-order valence-electron chi connectivity index (χ0n) is 11.4. The third kappa shape index (κ3) is 3.78. The predicted octanol–water partition coefficient (Wildman–Crippen LogP) is 1.62. The van der Waals surface area contributed by atoms with Crippen LogP contribution in [0.15, 0.2) is 24.3 Å². The van der Waals surface area contributed by atoms with Crippen molar-refractivity contribution < 1.29 is 9.90 Å². The lowest BCUT2D eigenvalue weighted by Gasteiger charge is -2.34. The molecule has 2 atom stereocenters. The molecule has 1 heterocycles. The zero-order chi connectivity index (χ0) is 13.8. The molecule has 1 saturated heterocycles. The van der Waals surface area contributed by atoms with Crippen LogP contribution in [0.1, 0.15) is 24.0 Å². The molecule has 0 bridgehead atoms. The average molecular weight is 262 g/mol. The van der Waals surface area contributed by atoms with Crippen molar-refractivity contribution in [2.45, 2.75) is 32.4 Å². The molecule has 2 rings (SSSR count). The second kappa shape index (κ2) is 6.17. The van der Waals surface area contributed by atoms with E-state index in [4.69, 9.17) is 10.8 Å². The Morgan fingerprint density at radius 1 is 1.58 bits per heavy atom. The highest BCUT2D eigenvalue weighted by Crippen LogP contribution is 2.21. The highest BCUT2D eigenvalue weighted by molar-refractivity contribution is 5.73. The first-order chi connectivity index (χ1) is 9.06. The van der Waals surface area contributed by atoms with E-state index < -0.39 is 12.0 Å². The molecule has 0 amide bonds. The Balaban J connectivity index is 1.96. The van der Waals surface area contributed by atoms with Crippen LogP contribution in [0.3, 0.4) is 0 Å². The Bertz CT molecular complexity index is 448. The van der Waals surface area contributed by atoms with E-state index in [1.807, 2.05) is 0 Å². The number of hydrogen-bond donors (Lipinski definition) is 2. The summed E-state index contributed by atoms with van der Waals surface area (Å²) in [4.78, 5) is 13.3. The van der Waals surface area contributed by atoms with Gasteiger partial charge < -0.3 is 10.8 Å². The quantitative estimate of drug-likeness (QED) is 0.865. The Hall–Kier alpha value is -1.39. The Kier molecular flexibility index (Phi) is 4.56. The second-order valence-corrected chi connectivity index (χ2v) is 5.49. The van der Waals surface area contributed by atoms with Gasteiger partial charge in [-0.2, -0.15) is 0 Å². The standard InChI is InChI=1S/C15H22N2O2/c1-11-4-2-5-12(8-11)9-17-7-3-6-13(10-17)14(16)15(18)19/h2,4-5,8,13-14H,3,6-7,9-10,16H2,1H3,(H,18,19). The van der Waals surface area contributed by atoms with Crippen molar-refractivity contribution in [3.05, 3.63) is 35.4 Å². The van der Waals surface area contributed by atoms with Crippen molar-refractivity contribution in [1.29, 1.82) is 0 Å². The number of nitrogens with zero attached hydrogens (tertiary/aromatic N) is 1. The van der Waals surface area contributed by atoms with Gasteiger partial charge in [0.1, 0.15) is 6.04 Å². The number of likely N-dealkylation sites (tertiary alicyclic amines) is 1. The molecule has 0 aromatic heterocycles. The fourth-order valence-corrected chi connectivity index (χ4v) is 2.80. The molecule has 3 N–H and O–H groups in total.